The first-order valence-corrected chi connectivity index (χ1v) is 5.90. The van der Waals surface area contributed by atoms with E-state index in [0.29, 0.717) is 0 Å². The Hall–Kier alpha value is -1.77. The minimum atomic E-state index is 0.0762. The summed E-state index contributed by atoms with van der Waals surface area (Å²) in [5, 5.41) is 9.40. The standard InChI is InChI=1S/C14H17NO2/c1-15(12-8-5-9-13(16)10-12)14(17)11-6-3-2-4-7-11/h2-3,5,8-11,16H,4,6-7H2,1H3. The fraction of sp³-hybridized carbons (Fsp3) is 0.357. The molecule has 0 radical (unpaired) electrons. The molecule has 1 aromatic carbocycles. The van der Waals surface area contributed by atoms with Gasteiger partial charge in [-0.1, -0.05) is 18.2 Å². The molecule has 1 atom stereocenters. The lowest BCUT2D eigenvalue weighted by molar-refractivity contribution is -0.122. The number of nitrogens with zero attached hydrogens (tertiary/aromatic N) is 1. The maximum absolute atomic E-state index is 12.2. The van der Waals surface area contributed by atoms with Crippen LogP contribution in [-0.4, -0.2) is 18.1 Å². The maximum atomic E-state index is 12.2. The Labute approximate surface area is 101 Å². The highest BCUT2D eigenvalue weighted by Crippen LogP contribution is 2.25. The molecule has 3 heteroatoms. The van der Waals surface area contributed by atoms with E-state index in [9.17, 15) is 9.90 Å². The van der Waals surface area contributed by atoms with Gasteiger partial charge in [0.2, 0.25) is 5.91 Å². The van der Waals surface area contributed by atoms with E-state index in [2.05, 4.69) is 12.2 Å². The van der Waals surface area contributed by atoms with Crippen molar-refractivity contribution < 1.29 is 9.90 Å². The number of allylic oxidation sites excluding steroid dienone is 2. The molecule has 0 saturated carbocycles. The van der Waals surface area contributed by atoms with Crippen LogP contribution in [0.2, 0.25) is 0 Å². The number of rotatable bonds is 2. The van der Waals surface area contributed by atoms with Gasteiger partial charge in [-0.15, -0.1) is 0 Å². The number of phenols is 1. The van der Waals surface area contributed by atoms with E-state index < -0.39 is 0 Å². The topological polar surface area (TPSA) is 40.5 Å². The molecule has 0 heterocycles. The van der Waals surface area contributed by atoms with Crippen molar-refractivity contribution in [2.24, 2.45) is 5.92 Å². The molecule has 17 heavy (non-hydrogen) atoms. The summed E-state index contributed by atoms with van der Waals surface area (Å²) in [5.74, 6) is 0.387. The van der Waals surface area contributed by atoms with Gasteiger partial charge in [0.05, 0.1) is 0 Å². The van der Waals surface area contributed by atoms with Gasteiger partial charge in [0.1, 0.15) is 5.75 Å². The first kappa shape index (κ1) is 11.7. The van der Waals surface area contributed by atoms with Crippen LogP contribution in [0, 0.1) is 5.92 Å². The summed E-state index contributed by atoms with van der Waals surface area (Å²) in [4.78, 5) is 13.8. The zero-order valence-electron chi connectivity index (χ0n) is 9.97. The summed E-state index contributed by atoms with van der Waals surface area (Å²) in [5.41, 5.74) is 0.740. The number of amides is 1. The average molecular weight is 231 g/mol. The zero-order chi connectivity index (χ0) is 12.3. The monoisotopic (exact) mass is 231 g/mol. The average Bonchev–Trinajstić information content (AvgIpc) is 2.38. The van der Waals surface area contributed by atoms with Crippen LogP contribution in [0.5, 0.6) is 5.75 Å². The molecular weight excluding hydrogens is 214 g/mol. The quantitative estimate of drug-likeness (QED) is 0.795. The van der Waals surface area contributed by atoms with Crippen LogP contribution in [0.25, 0.3) is 0 Å². The van der Waals surface area contributed by atoms with Crippen LogP contribution in [0.15, 0.2) is 36.4 Å². The Bertz CT molecular complexity index is 440. The highest BCUT2D eigenvalue weighted by Gasteiger charge is 2.22. The number of carbonyl (C=O) groups is 1. The van der Waals surface area contributed by atoms with Crippen molar-refractivity contribution >= 4 is 11.6 Å². The molecule has 1 aromatic rings. The van der Waals surface area contributed by atoms with Gasteiger partial charge in [-0.2, -0.15) is 0 Å². The van der Waals surface area contributed by atoms with Gasteiger partial charge >= 0.3 is 0 Å². The fourth-order valence-electron chi connectivity index (χ4n) is 2.12. The van der Waals surface area contributed by atoms with Crippen molar-refractivity contribution in [3.63, 3.8) is 0 Å². The van der Waals surface area contributed by atoms with Crippen molar-refractivity contribution in [2.45, 2.75) is 19.3 Å². The smallest absolute Gasteiger partial charge is 0.230 e. The largest absolute Gasteiger partial charge is 0.508 e. The molecule has 0 bridgehead atoms. The summed E-state index contributed by atoms with van der Waals surface area (Å²) in [7, 11) is 1.76. The summed E-state index contributed by atoms with van der Waals surface area (Å²) in [6, 6.07) is 6.78. The second-order valence-electron chi connectivity index (χ2n) is 4.40. The van der Waals surface area contributed by atoms with Gasteiger partial charge < -0.3 is 10.0 Å². The van der Waals surface area contributed by atoms with Gasteiger partial charge in [0, 0.05) is 24.7 Å². The number of anilines is 1. The number of phenolic OH excluding ortho intramolecular Hbond substituents is 1. The molecule has 1 aliphatic carbocycles. The normalized spacial score (nSPS) is 19.0. The molecule has 1 amide bonds. The van der Waals surface area contributed by atoms with E-state index in [-0.39, 0.29) is 17.6 Å². The van der Waals surface area contributed by atoms with Crippen molar-refractivity contribution in [1.82, 2.24) is 0 Å². The van der Waals surface area contributed by atoms with E-state index in [4.69, 9.17) is 0 Å². The summed E-state index contributed by atoms with van der Waals surface area (Å²) in [6.45, 7) is 0. The van der Waals surface area contributed by atoms with Crippen LogP contribution in [0.1, 0.15) is 19.3 Å². The van der Waals surface area contributed by atoms with Crippen molar-refractivity contribution in [3.8, 4) is 5.75 Å². The van der Waals surface area contributed by atoms with Gasteiger partial charge in [-0.3, -0.25) is 4.79 Å². The third kappa shape index (κ3) is 2.67. The van der Waals surface area contributed by atoms with E-state index in [1.807, 2.05) is 6.07 Å². The van der Waals surface area contributed by atoms with Crippen molar-refractivity contribution in [1.29, 1.82) is 0 Å². The second kappa shape index (κ2) is 5.04. The molecule has 1 N–H and O–H groups in total. The van der Waals surface area contributed by atoms with Crippen molar-refractivity contribution in [2.75, 3.05) is 11.9 Å². The molecule has 0 spiro atoms. The summed E-state index contributed by atoms with van der Waals surface area (Å²) >= 11 is 0. The fourth-order valence-corrected chi connectivity index (χ4v) is 2.12. The summed E-state index contributed by atoms with van der Waals surface area (Å²) in [6.07, 6.45) is 6.91. The molecule has 90 valence electrons. The van der Waals surface area contributed by atoms with Gasteiger partial charge in [-0.05, 0) is 31.4 Å². The number of hydrogen-bond acceptors (Lipinski definition) is 2. The molecular formula is C14H17NO2. The van der Waals surface area contributed by atoms with E-state index >= 15 is 0 Å². The maximum Gasteiger partial charge on any atom is 0.230 e. The molecule has 1 unspecified atom stereocenters. The third-order valence-corrected chi connectivity index (χ3v) is 3.17. The first-order chi connectivity index (χ1) is 8.18. The van der Waals surface area contributed by atoms with Crippen LogP contribution in [0.3, 0.4) is 0 Å². The second-order valence-corrected chi connectivity index (χ2v) is 4.40. The lowest BCUT2D eigenvalue weighted by Crippen LogP contribution is -2.33. The predicted molar refractivity (Wildman–Crippen MR) is 68.0 cm³/mol. The Morgan fingerprint density at radius 3 is 2.88 bits per heavy atom. The number of aromatic hydroxyl groups is 1. The van der Waals surface area contributed by atoms with Gasteiger partial charge in [0.25, 0.3) is 0 Å². The predicted octanol–water partition coefficient (Wildman–Crippen LogP) is 2.71. The highest BCUT2D eigenvalue weighted by atomic mass is 16.3. The van der Waals surface area contributed by atoms with Gasteiger partial charge in [0.15, 0.2) is 0 Å². The minimum Gasteiger partial charge on any atom is -0.508 e. The summed E-state index contributed by atoms with van der Waals surface area (Å²) < 4.78 is 0. The molecule has 0 fully saturated rings. The molecule has 3 nitrogen and oxygen atoms in total. The number of benzene rings is 1. The number of hydrogen-bond donors (Lipinski definition) is 1. The molecule has 0 aliphatic heterocycles. The first-order valence-electron chi connectivity index (χ1n) is 5.90. The molecule has 0 aromatic heterocycles. The van der Waals surface area contributed by atoms with Crippen LogP contribution < -0.4 is 4.90 Å². The Kier molecular flexibility index (Phi) is 3.47. The Balaban J connectivity index is 2.11. The van der Waals surface area contributed by atoms with E-state index in [1.165, 1.54) is 0 Å². The lowest BCUT2D eigenvalue weighted by atomic mass is 9.93. The SMILES string of the molecule is CN(C(=O)C1CC=CCC1)c1cccc(O)c1. The molecule has 2 rings (SSSR count). The molecule has 1 aliphatic rings. The van der Waals surface area contributed by atoms with Crippen LogP contribution in [-0.2, 0) is 4.79 Å². The van der Waals surface area contributed by atoms with E-state index in [0.717, 1.165) is 24.9 Å². The van der Waals surface area contributed by atoms with Crippen molar-refractivity contribution in [3.05, 3.63) is 36.4 Å². The Morgan fingerprint density at radius 1 is 1.41 bits per heavy atom. The highest BCUT2D eigenvalue weighted by molar-refractivity contribution is 5.94. The number of carbonyl (C=O) groups excluding carboxylic acids is 1. The molecule has 0 saturated heterocycles. The minimum absolute atomic E-state index is 0.0762. The van der Waals surface area contributed by atoms with Gasteiger partial charge in [-0.25, -0.2) is 0 Å². The van der Waals surface area contributed by atoms with Crippen LogP contribution in [0.4, 0.5) is 5.69 Å². The third-order valence-electron chi connectivity index (χ3n) is 3.17. The van der Waals surface area contributed by atoms with E-state index in [1.54, 1.807) is 30.1 Å². The zero-order valence-corrected chi connectivity index (χ0v) is 9.97. The Morgan fingerprint density at radius 2 is 2.24 bits per heavy atom. The lowest BCUT2D eigenvalue weighted by Gasteiger charge is -2.24. The van der Waals surface area contributed by atoms with Crippen LogP contribution >= 0.6 is 0 Å².